The standard InChI is InChI=1S/C11H11BrN2OS/c12-8-3-1-2-7(4-8)11-14-9(6-16-11)10(15)5-13/h1-4,6,10,15H,5,13H2. The summed E-state index contributed by atoms with van der Waals surface area (Å²) in [5, 5.41) is 12.3. The third-order valence-electron chi connectivity index (χ3n) is 2.16. The second-order valence-electron chi connectivity index (χ2n) is 3.34. The maximum atomic E-state index is 9.55. The van der Waals surface area contributed by atoms with Crippen LogP contribution in [-0.2, 0) is 0 Å². The van der Waals surface area contributed by atoms with Crippen LogP contribution in [-0.4, -0.2) is 16.6 Å². The zero-order valence-corrected chi connectivity index (χ0v) is 10.8. The third kappa shape index (κ3) is 2.49. The summed E-state index contributed by atoms with van der Waals surface area (Å²) in [5.41, 5.74) is 7.06. The molecule has 0 aliphatic heterocycles. The molecule has 16 heavy (non-hydrogen) atoms. The number of hydrogen-bond acceptors (Lipinski definition) is 4. The van der Waals surface area contributed by atoms with E-state index in [-0.39, 0.29) is 6.54 Å². The van der Waals surface area contributed by atoms with Crippen molar-refractivity contribution in [1.29, 1.82) is 0 Å². The van der Waals surface area contributed by atoms with Crippen molar-refractivity contribution in [3.05, 3.63) is 39.8 Å². The van der Waals surface area contributed by atoms with E-state index < -0.39 is 6.10 Å². The van der Waals surface area contributed by atoms with Crippen LogP contribution in [0, 0.1) is 0 Å². The van der Waals surface area contributed by atoms with Crippen LogP contribution in [0.3, 0.4) is 0 Å². The molecule has 3 nitrogen and oxygen atoms in total. The van der Waals surface area contributed by atoms with E-state index in [1.807, 2.05) is 29.6 Å². The lowest BCUT2D eigenvalue weighted by Gasteiger charge is -2.02. The van der Waals surface area contributed by atoms with Crippen molar-refractivity contribution in [2.24, 2.45) is 5.73 Å². The lowest BCUT2D eigenvalue weighted by Crippen LogP contribution is -2.11. The molecule has 0 radical (unpaired) electrons. The molecule has 0 spiro atoms. The fraction of sp³-hybridized carbons (Fsp3) is 0.182. The summed E-state index contributed by atoms with van der Waals surface area (Å²) in [6.07, 6.45) is -0.669. The Bertz CT molecular complexity index is 486. The van der Waals surface area contributed by atoms with Gasteiger partial charge in [0.05, 0.1) is 5.69 Å². The maximum absolute atomic E-state index is 9.55. The first-order chi connectivity index (χ1) is 7.70. The van der Waals surface area contributed by atoms with Gasteiger partial charge in [-0.25, -0.2) is 4.98 Å². The molecule has 1 atom stereocenters. The van der Waals surface area contributed by atoms with Gasteiger partial charge in [0.1, 0.15) is 11.1 Å². The molecular weight excluding hydrogens is 288 g/mol. The highest BCUT2D eigenvalue weighted by atomic mass is 79.9. The predicted molar refractivity (Wildman–Crippen MR) is 69.3 cm³/mol. The first-order valence-corrected chi connectivity index (χ1v) is 6.47. The summed E-state index contributed by atoms with van der Waals surface area (Å²) >= 11 is 4.92. The van der Waals surface area contributed by atoms with Gasteiger partial charge in [0, 0.05) is 22.0 Å². The smallest absolute Gasteiger partial charge is 0.123 e. The van der Waals surface area contributed by atoms with Crippen LogP contribution in [0.15, 0.2) is 34.1 Å². The van der Waals surface area contributed by atoms with E-state index in [2.05, 4.69) is 20.9 Å². The summed E-state index contributed by atoms with van der Waals surface area (Å²) in [6, 6.07) is 7.91. The van der Waals surface area contributed by atoms with Gasteiger partial charge in [0.25, 0.3) is 0 Å². The molecular formula is C11H11BrN2OS. The average Bonchev–Trinajstić information content (AvgIpc) is 2.77. The van der Waals surface area contributed by atoms with Gasteiger partial charge in [-0.1, -0.05) is 28.1 Å². The average molecular weight is 299 g/mol. The van der Waals surface area contributed by atoms with E-state index in [1.165, 1.54) is 11.3 Å². The molecule has 0 saturated heterocycles. The van der Waals surface area contributed by atoms with Gasteiger partial charge in [0.15, 0.2) is 0 Å². The molecule has 1 unspecified atom stereocenters. The quantitative estimate of drug-likeness (QED) is 0.915. The van der Waals surface area contributed by atoms with Gasteiger partial charge < -0.3 is 10.8 Å². The Morgan fingerprint density at radius 3 is 3.00 bits per heavy atom. The number of aliphatic hydroxyl groups excluding tert-OH is 1. The maximum Gasteiger partial charge on any atom is 0.123 e. The summed E-state index contributed by atoms with van der Waals surface area (Å²) in [7, 11) is 0. The second-order valence-corrected chi connectivity index (χ2v) is 5.11. The lowest BCUT2D eigenvalue weighted by atomic mass is 10.2. The van der Waals surface area contributed by atoms with Crippen LogP contribution in [0.1, 0.15) is 11.8 Å². The number of nitrogens with zero attached hydrogens (tertiary/aromatic N) is 1. The van der Waals surface area contributed by atoms with Crippen molar-refractivity contribution < 1.29 is 5.11 Å². The van der Waals surface area contributed by atoms with Crippen LogP contribution < -0.4 is 5.73 Å². The predicted octanol–water partition coefficient (Wildman–Crippen LogP) is 2.56. The molecule has 1 aromatic carbocycles. The van der Waals surface area contributed by atoms with Crippen molar-refractivity contribution >= 4 is 27.3 Å². The van der Waals surface area contributed by atoms with Gasteiger partial charge in [-0.3, -0.25) is 0 Å². The largest absolute Gasteiger partial charge is 0.385 e. The number of aromatic nitrogens is 1. The molecule has 84 valence electrons. The fourth-order valence-electron chi connectivity index (χ4n) is 1.31. The molecule has 3 N–H and O–H groups in total. The van der Waals surface area contributed by atoms with Crippen LogP contribution in [0.25, 0.3) is 10.6 Å². The van der Waals surface area contributed by atoms with Gasteiger partial charge >= 0.3 is 0 Å². The zero-order valence-electron chi connectivity index (χ0n) is 8.43. The van der Waals surface area contributed by atoms with Gasteiger partial charge in [0.2, 0.25) is 0 Å². The molecule has 2 aromatic rings. The van der Waals surface area contributed by atoms with E-state index in [0.29, 0.717) is 5.69 Å². The summed E-state index contributed by atoms with van der Waals surface area (Å²) in [6.45, 7) is 0.196. The summed E-state index contributed by atoms with van der Waals surface area (Å²) in [4.78, 5) is 4.36. The molecule has 1 aromatic heterocycles. The number of nitrogens with two attached hydrogens (primary N) is 1. The Hall–Kier alpha value is -0.750. The number of thiazole rings is 1. The van der Waals surface area contributed by atoms with Crippen LogP contribution >= 0.6 is 27.3 Å². The molecule has 5 heteroatoms. The SMILES string of the molecule is NCC(O)c1csc(-c2cccc(Br)c2)n1. The number of aliphatic hydroxyl groups is 1. The van der Waals surface area contributed by atoms with E-state index in [1.54, 1.807) is 0 Å². The topological polar surface area (TPSA) is 59.1 Å². The number of rotatable bonds is 3. The zero-order chi connectivity index (χ0) is 11.5. The Kier molecular flexibility index (Phi) is 3.70. The second kappa shape index (κ2) is 5.05. The minimum atomic E-state index is -0.669. The summed E-state index contributed by atoms with van der Waals surface area (Å²) in [5.74, 6) is 0. The molecule has 0 amide bonds. The van der Waals surface area contributed by atoms with Crippen molar-refractivity contribution in [1.82, 2.24) is 4.98 Å². The van der Waals surface area contributed by atoms with Crippen LogP contribution in [0.2, 0.25) is 0 Å². The normalized spacial score (nSPS) is 12.7. The number of halogens is 1. The minimum absolute atomic E-state index is 0.196. The van der Waals surface area contributed by atoms with Crippen LogP contribution in [0.4, 0.5) is 0 Å². The van der Waals surface area contributed by atoms with Gasteiger partial charge in [-0.05, 0) is 12.1 Å². The Morgan fingerprint density at radius 2 is 2.31 bits per heavy atom. The van der Waals surface area contributed by atoms with E-state index in [0.717, 1.165) is 15.0 Å². The molecule has 1 heterocycles. The van der Waals surface area contributed by atoms with Crippen LogP contribution in [0.5, 0.6) is 0 Å². The highest BCUT2D eigenvalue weighted by molar-refractivity contribution is 9.10. The van der Waals surface area contributed by atoms with Crippen molar-refractivity contribution in [2.75, 3.05) is 6.54 Å². The monoisotopic (exact) mass is 298 g/mol. The first-order valence-electron chi connectivity index (χ1n) is 4.80. The molecule has 0 bridgehead atoms. The highest BCUT2D eigenvalue weighted by Crippen LogP contribution is 2.27. The van der Waals surface area contributed by atoms with E-state index in [9.17, 15) is 5.11 Å². The Balaban J connectivity index is 2.31. The molecule has 0 fully saturated rings. The molecule has 0 aliphatic rings. The van der Waals surface area contributed by atoms with Crippen molar-refractivity contribution in [3.8, 4) is 10.6 Å². The first kappa shape index (κ1) is 11.7. The third-order valence-corrected chi connectivity index (χ3v) is 3.56. The Labute approximate surface area is 106 Å². The highest BCUT2D eigenvalue weighted by Gasteiger charge is 2.11. The number of hydrogen-bond donors (Lipinski definition) is 2. The van der Waals surface area contributed by atoms with E-state index in [4.69, 9.17) is 5.73 Å². The van der Waals surface area contributed by atoms with Crippen molar-refractivity contribution in [3.63, 3.8) is 0 Å². The van der Waals surface area contributed by atoms with Crippen molar-refractivity contribution in [2.45, 2.75) is 6.10 Å². The van der Waals surface area contributed by atoms with E-state index >= 15 is 0 Å². The van der Waals surface area contributed by atoms with Gasteiger partial charge in [-0.2, -0.15) is 0 Å². The molecule has 2 rings (SSSR count). The molecule has 0 aliphatic carbocycles. The summed E-state index contributed by atoms with van der Waals surface area (Å²) < 4.78 is 1.01. The fourth-order valence-corrected chi connectivity index (χ4v) is 2.58. The lowest BCUT2D eigenvalue weighted by molar-refractivity contribution is 0.182. The molecule has 0 saturated carbocycles. The number of benzene rings is 1. The van der Waals surface area contributed by atoms with Gasteiger partial charge in [-0.15, -0.1) is 11.3 Å². The Morgan fingerprint density at radius 1 is 1.50 bits per heavy atom. The minimum Gasteiger partial charge on any atom is -0.385 e.